The van der Waals surface area contributed by atoms with Crippen LogP contribution in [-0.4, -0.2) is 10.1 Å². The Bertz CT molecular complexity index is 791. The van der Waals surface area contributed by atoms with Gasteiger partial charge in [0.2, 0.25) is 5.88 Å². The molecule has 0 amide bonds. The number of nitrogens with one attached hydrogen (secondary N) is 1. The lowest BCUT2D eigenvalue weighted by atomic mass is 10.1. The van der Waals surface area contributed by atoms with E-state index in [9.17, 15) is 5.11 Å². The van der Waals surface area contributed by atoms with E-state index < -0.39 is 0 Å². The van der Waals surface area contributed by atoms with Gasteiger partial charge in [-0.1, -0.05) is 29.8 Å². The van der Waals surface area contributed by atoms with Gasteiger partial charge >= 0.3 is 0 Å². The predicted molar refractivity (Wildman–Crippen MR) is 80.3 cm³/mol. The standard InChI is InChI=1S/C15H12ClN3O/c1-9-3-2-4-12-13(9)17-15(20)14(12)19-18-11-7-5-10(16)6-8-11/h2-8,17,20H,1H3. The molecule has 1 aromatic heterocycles. The number of hydrogen-bond acceptors (Lipinski definition) is 3. The van der Waals surface area contributed by atoms with E-state index in [1.54, 1.807) is 24.3 Å². The van der Waals surface area contributed by atoms with Gasteiger partial charge in [-0.05, 0) is 36.8 Å². The smallest absolute Gasteiger partial charge is 0.218 e. The van der Waals surface area contributed by atoms with Gasteiger partial charge in [-0.2, -0.15) is 5.11 Å². The second-order valence-corrected chi connectivity index (χ2v) is 4.93. The molecule has 0 atom stereocenters. The van der Waals surface area contributed by atoms with Crippen molar-refractivity contribution in [2.45, 2.75) is 6.92 Å². The Morgan fingerprint density at radius 2 is 1.80 bits per heavy atom. The van der Waals surface area contributed by atoms with Gasteiger partial charge in [0.1, 0.15) is 0 Å². The lowest BCUT2D eigenvalue weighted by Gasteiger charge is -1.95. The van der Waals surface area contributed by atoms with Crippen LogP contribution in [0, 0.1) is 6.92 Å². The normalized spacial score (nSPS) is 11.5. The molecule has 1 heterocycles. The predicted octanol–water partition coefficient (Wildman–Crippen LogP) is 5.25. The number of nitrogens with zero attached hydrogens (tertiary/aromatic N) is 2. The number of halogens is 1. The highest BCUT2D eigenvalue weighted by molar-refractivity contribution is 6.30. The fourth-order valence-electron chi connectivity index (χ4n) is 2.05. The van der Waals surface area contributed by atoms with Crippen LogP contribution in [0.2, 0.25) is 5.02 Å². The third-order valence-electron chi connectivity index (χ3n) is 3.09. The highest BCUT2D eigenvalue weighted by Crippen LogP contribution is 2.37. The van der Waals surface area contributed by atoms with Gasteiger partial charge in [-0.3, -0.25) is 0 Å². The number of hydrogen-bond donors (Lipinski definition) is 2. The van der Waals surface area contributed by atoms with Crippen molar-refractivity contribution in [2.75, 3.05) is 0 Å². The minimum absolute atomic E-state index is 0.0204. The van der Waals surface area contributed by atoms with Crippen molar-refractivity contribution in [3.05, 3.63) is 53.1 Å². The summed E-state index contributed by atoms with van der Waals surface area (Å²) < 4.78 is 0. The minimum Gasteiger partial charge on any atom is -0.493 e. The Balaban J connectivity index is 2.04. The van der Waals surface area contributed by atoms with E-state index in [0.717, 1.165) is 16.5 Å². The number of aromatic nitrogens is 1. The number of H-pyrrole nitrogens is 1. The maximum absolute atomic E-state index is 9.95. The first-order chi connectivity index (χ1) is 9.65. The van der Waals surface area contributed by atoms with Crippen molar-refractivity contribution in [1.82, 2.24) is 4.98 Å². The lowest BCUT2D eigenvalue weighted by Crippen LogP contribution is -1.73. The quantitative estimate of drug-likeness (QED) is 0.621. The summed E-state index contributed by atoms with van der Waals surface area (Å²) in [7, 11) is 0. The molecule has 0 fully saturated rings. The van der Waals surface area contributed by atoms with Crippen molar-refractivity contribution in [3.63, 3.8) is 0 Å². The summed E-state index contributed by atoms with van der Waals surface area (Å²) in [4.78, 5) is 2.92. The highest BCUT2D eigenvalue weighted by Gasteiger charge is 2.11. The van der Waals surface area contributed by atoms with Gasteiger partial charge in [-0.25, -0.2) is 0 Å². The molecule has 0 aliphatic heterocycles. The van der Waals surface area contributed by atoms with E-state index in [-0.39, 0.29) is 5.88 Å². The molecule has 3 aromatic rings. The second-order valence-electron chi connectivity index (χ2n) is 4.50. The summed E-state index contributed by atoms with van der Waals surface area (Å²) in [6.45, 7) is 1.97. The number of aryl methyl sites for hydroxylation is 1. The maximum Gasteiger partial charge on any atom is 0.218 e. The monoisotopic (exact) mass is 285 g/mol. The Morgan fingerprint density at radius 3 is 2.55 bits per heavy atom. The van der Waals surface area contributed by atoms with Crippen LogP contribution in [0.1, 0.15) is 5.56 Å². The molecule has 0 bridgehead atoms. The lowest BCUT2D eigenvalue weighted by molar-refractivity contribution is 0.459. The molecule has 0 saturated heterocycles. The van der Waals surface area contributed by atoms with Crippen LogP contribution in [0.4, 0.5) is 11.4 Å². The topological polar surface area (TPSA) is 60.7 Å². The Hall–Kier alpha value is -2.33. The van der Waals surface area contributed by atoms with Crippen LogP contribution in [-0.2, 0) is 0 Å². The van der Waals surface area contributed by atoms with Crippen LogP contribution < -0.4 is 0 Å². The number of rotatable bonds is 2. The van der Waals surface area contributed by atoms with Gasteiger partial charge in [-0.15, -0.1) is 5.11 Å². The van der Waals surface area contributed by atoms with Gasteiger partial charge in [0.25, 0.3) is 0 Å². The number of benzene rings is 2. The van der Waals surface area contributed by atoms with E-state index >= 15 is 0 Å². The van der Waals surface area contributed by atoms with Crippen molar-refractivity contribution in [1.29, 1.82) is 0 Å². The molecule has 0 saturated carbocycles. The van der Waals surface area contributed by atoms with E-state index in [1.807, 2.05) is 25.1 Å². The fourth-order valence-corrected chi connectivity index (χ4v) is 2.18. The van der Waals surface area contributed by atoms with E-state index in [2.05, 4.69) is 15.2 Å². The Labute approximate surface area is 120 Å². The third-order valence-corrected chi connectivity index (χ3v) is 3.34. The van der Waals surface area contributed by atoms with Crippen molar-refractivity contribution in [3.8, 4) is 5.88 Å². The SMILES string of the molecule is Cc1cccc2c(N=Nc3ccc(Cl)cc3)c(O)[nH]c12. The maximum atomic E-state index is 9.95. The fraction of sp³-hybridized carbons (Fsp3) is 0.0667. The first kappa shape index (κ1) is 12.7. The summed E-state index contributed by atoms with van der Waals surface area (Å²) in [6.07, 6.45) is 0. The van der Waals surface area contributed by atoms with Crippen LogP contribution in [0.15, 0.2) is 52.7 Å². The van der Waals surface area contributed by atoms with E-state index in [0.29, 0.717) is 16.4 Å². The molecular weight excluding hydrogens is 274 g/mol. The van der Waals surface area contributed by atoms with Crippen LogP contribution in [0.3, 0.4) is 0 Å². The van der Waals surface area contributed by atoms with Gasteiger partial charge in [0.05, 0.1) is 11.2 Å². The van der Waals surface area contributed by atoms with E-state index in [4.69, 9.17) is 11.6 Å². The number of para-hydroxylation sites is 1. The van der Waals surface area contributed by atoms with Gasteiger partial charge in [0, 0.05) is 10.4 Å². The highest BCUT2D eigenvalue weighted by atomic mass is 35.5. The summed E-state index contributed by atoms with van der Waals surface area (Å²) in [5.41, 5.74) is 3.04. The summed E-state index contributed by atoms with van der Waals surface area (Å²) in [5.74, 6) is 0.0204. The molecule has 0 aliphatic carbocycles. The zero-order valence-corrected chi connectivity index (χ0v) is 11.5. The largest absolute Gasteiger partial charge is 0.493 e. The van der Waals surface area contributed by atoms with Crippen molar-refractivity contribution < 1.29 is 5.11 Å². The van der Waals surface area contributed by atoms with Crippen molar-refractivity contribution in [2.24, 2.45) is 10.2 Å². The second kappa shape index (κ2) is 4.98. The molecule has 100 valence electrons. The molecule has 2 aromatic carbocycles. The molecule has 2 N–H and O–H groups in total. The van der Waals surface area contributed by atoms with Crippen LogP contribution in [0.25, 0.3) is 10.9 Å². The first-order valence-electron chi connectivity index (χ1n) is 6.13. The van der Waals surface area contributed by atoms with Crippen LogP contribution in [0.5, 0.6) is 5.88 Å². The number of aromatic hydroxyl groups is 1. The zero-order valence-electron chi connectivity index (χ0n) is 10.8. The molecule has 4 nitrogen and oxygen atoms in total. The molecule has 5 heteroatoms. The molecule has 0 unspecified atom stereocenters. The summed E-state index contributed by atoms with van der Waals surface area (Å²) >= 11 is 5.81. The molecule has 0 spiro atoms. The number of aromatic amines is 1. The van der Waals surface area contributed by atoms with Gasteiger partial charge < -0.3 is 10.1 Å². The van der Waals surface area contributed by atoms with E-state index in [1.165, 1.54) is 0 Å². The molecule has 0 aliphatic rings. The molecule has 0 radical (unpaired) electrons. The number of azo groups is 1. The Morgan fingerprint density at radius 1 is 1.05 bits per heavy atom. The summed E-state index contributed by atoms with van der Waals surface area (Å²) in [5, 5.41) is 19.7. The molecule has 3 rings (SSSR count). The average Bonchev–Trinajstić information content (AvgIpc) is 2.76. The first-order valence-corrected chi connectivity index (χ1v) is 6.50. The van der Waals surface area contributed by atoms with Gasteiger partial charge in [0.15, 0.2) is 5.69 Å². The third kappa shape index (κ3) is 2.26. The average molecular weight is 286 g/mol. The number of fused-ring (bicyclic) bond motifs is 1. The van der Waals surface area contributed by atoms with Crippen molar-refractivity contribution >= 4 is 33.9 Å². The molecular formula is C15H12ClN3O. The minimum atomic E-state index is 0.0204. The van der Waals surface area contributed by atoms with Crippen LogP contribution >= 0.6 is 11.6 Å². The Kier molecular flexibility index (Phi) is 3.16. The summed E-state index contributed by atoms with van der Waals surface area (Å²) in [6, 6.07) is 12.8. The zero-order chi connectivity index (χ0) is 14.1. The molecule has 20 heavy (non-hydrogen) atoms.